The fourth-order valence-electron chi connectivity index (χ4n) is 3.66. The molecule has 2 aliphatic rings. The minimum Gasteiger partial charge on any atom is -0.230 e. The summed E-state index contributed by atoms with van der Waals surface area (Å²) in [5.74, 6) is 0.682. The largest absolute Gasteiger partial charge is 0.230 e. The summed E-state index contributed by atoms with van der Waals surface area (Å²) >= 11 is 0. The SMILES string of the molecule is CC1(C)CCCCC(C)(C2CCCCCCC2)OO1. The molecule has 2 fully saturated rings. The van der Waals surface area contributed by atoms with Gasteiger partial charge in [0.25, 0.3) is 0 Å². The average Bonchev–Trinajstić information content (AvgIpc) is 2.31. The van der Waals surface area contributed by atoms with Gasteiger partial charge in [-0.05, 0) is 52.4 Å². The molecule has 1 atom stereocenters. The summed E-state index contributed by atoms with van der Waals surface area (Å²) in [7, 11) is 0. The van der Waals surface area contributed by atoms with Gasteiger partial charge in [0.15, 0.2) is 0 Å². The molecule has 0 aromatic carbocycles. The summed E-state index contributed by atoms with van der Waals surface area (Å²) in [6.45, 7) is 6.59. The van der Waals surface area contributed by atoms with E-state index in [-0.39, 0.29) is 11.2 Å². The van der Waals surface area contributed by atoms with Gasteiger partial charge in [0.1, 0.15) is 5.60 Å². The van der Waals surface area contributed by atoms with Crippen molar-refractivity contribution in [3.63, 3.8) is 0 Å². The maximum Gasteiger partial charge on any atom is 0.104 e. The van der Waals surface area contributed by atoms with Gasteiger partial charge in [-0.2, -0.15) is 0 Å². The number of hydrogen-bond acceptors (Lipinski definition) is 2. The molecule has 2 nitrogen and oxygen atoms in total. The lowest BCUT2D eigenvalue weighted by atomic mass is 9.76. The topological polar surface area (TPSA) is 18.5 Å². The van der Waals surface area contributed by atoms with Crippen molar-refractivity contribution in [3.05, 3.63) is 0 Å². The Balaban J connectivity index is 2.00. The molecule has 1 saturated carbocycles. The van der Waals surface area contributed by atoms with Crippen molar-refractivity contribution in [3.8, 4) is 0 Å². The van der Waals surface area contributed by atoms with Crippen molar-refractivity contribution >= 4 is 0 Å². The van der Waals surface area contributed by atoms with Crippen LogP contribution in [0.5, 0.6) is 0 Å². The Kier molecular flexibility index (Phi) is 5.30. The summed E-state index contributed by atoms with van der Waals surface area (Å²) in [5, 5.41) is 0. The molecule has 1 aliphatic carbocycles. The predicted octanol–water partition coefficient (Wildman–Crippen LogP) is 5.41. The fraction of sp³-hybridized carbons (Fsp3) is 1.00. The zero-order chi connectivity index (χ0) is 13.8. The van der Waals surface area contributed by atoms with Gasteiger partial charge in [-0.1, -0.05) is 44.9 Å². The minimum absolute atomic E-state index is 0.0605. The van der Waals surface area contributed by atoms with E-state index in [0.717, 1.165) is 12.8 Å². The number of hydrogen-bond donors (Lipinski definition) is 0. The lowest BCUT2D eigenvalue weighted by Gasteiger charge is -2.41. The van der Waals surface area contributed by atoms with E-state index >= 15 is 0 Å². The smallest absolute Gasteiger partial charge is 0.104 e. The van der Waals surface area contributed by atoms with E-state index in [1.165, 1.54) is 57.8 Å². The third kappa shape index (κ3) is 4.46. The molecular formula is C17H32O2. The molecule has 1 unspecified atom stereocenters. The van der Waals surface area contributed by atoms with Crippen LogP contribution in [0.1, 0.15) is 91.4 Å². The summed E-state index contributed by atoms with van der Waals surface area (Å²) in [6.07, 6.45) is 14.4. The molecule has 2 heteroatoms. The van der Waals surface area contributed by atoms with Crippen LogP contribution in [0.15, 0.2) is 0 Å². The van der Waals surface area contributed by atoms with Crippen molar-refractivity contribution in [2.75, 3.05) is 0 Å². The fourth-order valence-corrected chi connectivity index (χ4v) is 3.66. The van der Waals surface area contributed by atoms with Crippen molar-refractivity contribution in [1.82, 2.24) is 0 Å². The molecule has 2 rings (SSSR count). The third-order valence-corrected chi connectivity index (χ3v) is 5.13. The summed E-state index contributed by atoms with van der Waals surface area (Å²) in [5.41, 5.74) is -0.182. The molecule has 0 radical (unpaired) electrons. The maximum atomic E-state index is 6.02. The van der Waals surface area contributed by atoms with E-state index in [1.54, 1.807) is 0 Å². The third-order valence-electron chi connectivity index (χ3n) is 5.13. The van der Waals surface area contributed by atoms with Crippen molar-refractivity contribution in [2.45, 2.75) is 103 Å². The van der Waals surface area contributed by atoms with Crippen LogP contribution in [0.2, 0.25) is 0 Å². The van der Waals surface area contributed by atoms with Gasteiger partial charge in [-0.15, -0.1) is 0 Å². The molecule has 19 heavy (non-hydrogen) atoms. The van der Waals surface area contributed by atoms with Gasteiger partial charge in [-0.25, -0.2) is 9.78 Å². The highest BCUT2D eigenvalue weighted by Gasteiger charge is 2.39. The molecule has 0 aromatic heterocycles. The molecule has 0 N–H and O–H groups in total. The molecular weight excluding hydrogens is 236 g/mol. The quantitative estimate of drug-likeness (QED) is 0.592. The Morgan fingerprint density at radius 2 is 1.26 bits per heavy atom. The molecule has 1 aliphatic heterocycles. The normalized spacial score (nSPS) is 34.9. The van der Waals surface area contributed by atoms with E-state index in [4.69, 9.17) is 9.78 Å². The monoisotopic (exact) mass is 268 g/mol. The van der Waals surface area contributed by atoms with Crippen LogP contribution in [-0.4, -0.2) is 11.2 Å². The van der Waals surface area contributed by atoms with Gasteiger partial charge >= 0.3 is 0 Å². The predicted molar refractivity (Wildman–Crippen MR) is 78.9 cm³/mol. The molecule has 1 saturated heterocycles. The van der Waals surface area contributed by atoms with Crippen molar-refractivity contribution < 1.29 is 9.78 Å². The van der Waals surface area contributed by atoms with Crippen LogP contribution in [0.3, 0.4) is 0 Å². The highest BCUT2D eigenvalue weighted by Crippen LogP contribution is 2.40. The van der Waals surface area contributed by atoms with Crippen LogP contribution >= 0.6 is 0 Å². The summed E-state index contributed by atoms with van der Waals surface area (Å²) in [4.78, 5) is 11.8. The van der Waals surface area contributed by atoms with E-state index in [2.05, 4.69) is 20.8 Å². The summed E-state index contributed by atoms with van der Waals surface area (Å²) < 4.78 is 0. The lowest BCUT2D eigenvalue weighted by molar-refractivity contribution is -0.420. The Bertz CT molecular complexity index is 266. The Hall–Kier alpha value is -0.0800. The second-order valence-electron chi connectivity index (χ2n) is 7.49. The van der Waals surface area contributed by atoms with Gasteiger partial charge < -0.3 is 0 Å². The van der Waals surface area contributed by atoms with Crippen LogP contribution in [-0.2, 0) is 9.78 Å². The molecule has 0 amide bonds. The first kappa shape index (κ1) is 15.3. The Morgan fingerprint density at radius 1 is 0.684 bits per heavy atom. The summed E-state index contributed by atoms with van der Waals surface area (Å²) in [6, 6.07) is 0. The average molecular weight is 268 g/mol. The minimum atomic E-state index is -0.122. The molecule has 0 aromatic rings. The second kappa shape index (κ2) is 6.58. The van der Waals surface area contributed by atoms with E-state index in [0.29, 0.717) is 5.92 Å². The Labute approximate surface area is 119 Å². The Morgan fingerprint density at radius 3 is 1.95 bits per heavy atom. The van der Waals surface area contributed by atoms with Gasteiger partial charge in [0.2, 0.25) is 0 Å². The highest BCUT2D eigenvalue weighted by molar-refractivity contribution is 4.85. The number of rotatable bonds is 1. The molecule has 0 bridgehead atoms. The van der Waals surface area contributed by atoms with Crippen LogP contribution in [0.4, 0.5) is 0 Å². The van der Waals surface area contributed by atoms with Crippen LogP contribution < -0.4 is 0 Å². The second-order valence-corrected chi connectivity index (χ2v) is 7.49. The first-order chi connectivity index (χ1) is 9.02. The van der Waals surface area contributed by atoms with Gasteiger partial charge in [-0.3, -0.25) is 0 Å². The first-order valence-electron chi connectivity index (χ1n) is 8.39. The van der Waals surface area contributed by atoms with E-state index < -0.39 is 0 Å². The van der Waals surface area contributed by atoms with Crippen molar-refractivity contribution in [1.29, 1.82) is 0 Å². The first-order valence-corrected chi connectivity index (χ1v) is 8.39. The molecule has 112 valence electrons. The van der Waals surface area contributed by atoms with E-state index in [9.17, 15) is 0 Å². The van der Waals surface area contributed by atoms with Crippen molar-refractivity contribution in [2.24, 2.45) is 5.92 Å². The molecule has 1 heterocycles. The lowest BCUT2D eigenvalue weighted by Crippen LogP contribution is -2.42. The van der Waals surface area contributed by atoms with Gasteiger partial charge in [0.05, 0.1) is 5.60 Å². The standard InChI is InChI=1S/C17H32O2/c1-16(2)13-9-10-14-17(3,19-18-16)15-11-7-5-4-6-8-12-15/h15H,4-14H2,1-3H3. The van der Waals surface area contributed by atoms with E-state index in [1.807, 2.05) is 0 Å². The molecule has 0 spiro atoms. The van der Waals surface area contributed by atoms with Crippen LogP contribution in [0.25, 0.3) is 0 Å². The van der Waals surface area contributed by atoms with Crippen LogP contribution in [0, 0.1) is 5.92 Å². The maximum absolute atomic E-state index is 6.02. The highest BCUT2D eigenvalue weighted by atomic mass is 17.2. The zero-order valence-electron chi connectivity index (χ0n) is 13.2. The zero-order valence-corrected chi connectivity index (χ0v) is 13.2. The van der Waals surface area contributed by atoms with Gasteiger partial charge in [0, 0.05) is 0 Å².